The molecule has 48 heavy (non-hydrogen) atoms. The molecule has 244 valence electrons. The summed E-state index contributed by atoms with van der Waals surface area (Å²) in [6.45, 7) is 4.78. The zero-order chi connectivity index (χ0) is 33.6. The highest BCUT2D eigenvalue weighted by Crippen LogP contribution is 2.56. The lowest BCUT2D eigenvalue weighted by atomic mass is 9.83. The number of methoxy groups -OCH3 is 2. The van der Waals surface area contributed by atoms with E-state index >= 15 is 0 Å². The van der Waals surface area contributed by atoms with Crippen LogP contribution in [0.5, 0.6) is 11.5 Å². The summed E-state index contributed by atoms with van der Waals surface area (Å²) in [4.78, 5) is 2.35. The summed E-state index contributed by atoms with van der Waals surface area (Å²) in [5.74, 6) is 2.21. The Balaban J connectivity index is 1.61. The second-order valence-corrected chi connectivity index (χ2v) is 16.7. The minimum absolute atomic E-state index is 0.158. The van der Waals surface area contributed by atoms with E-state index in [2.05, 4.69) is 178 Å². The first-order chi connectivity index (χ1) is 23.4. The van der Waals surface area contributed by atoms with Crippen molar-refractivity contribution in [1.82, 2.24) is 4.90 Å². The van der Waals surface area contributed by atoms with E-state index in [1.54, 1.807) is 14.2 Å². The largest absolute Gasteiger partial charge is 0.496 e. The Labute approximate surface area is 289 Å². The van der Waals surface area contributed by atoms with Gasteiger partial charge in [0, 0.05) is 28.5 Å². The van der Waals surface area contributed by atoms with Crippen molar-refractivity contribution in [2.24, 2.45) is 5.92 Å². The molecule has 1 aliphatic rings. The Bertz CT molecular complexity index is 1800. The van der Waals surface area contributed by atoms with Crippen molar-refractivity contribution in [2.75, 3.05) is 28.3 Å². The number of nitrogens with zero attached hydrogens (tertiary/aromatic N) is 1. The van der Waals surface area contributed by atoms with Gasteiger partial charge in [-0.15, -0.1) is 0 Å². The average molecular weight is 670 g/mol. The summed E-state index contributed by atoms with van der Waals surface area (Å²) in [5.41, 5.74) is 2.86. The van der Waals surface area contributed by atoms with Crippen LogP contribution >= 0.6 is 15.8 Å². The van der Waals surface area contributed by atoms with Gasteiger partial charge in [-0.2, -0.15) is 0 Å². The predicted molar refractivity (Wildman–Crippen MR) is 209 cm³/mol. The second kappa shape index (κ2) is 15.5. The minimum Gasteiger partial charge on any atom is -0.496 e. The van der Waals surface area contributed by atoms with Crippen molar-refractivity contribution in [1.29, 1.82) is 0 Å². The van der Waals surface area contributed by atoms with Crippen LogP contribution < -0.4 is 36.0 Å². The fourth-order valence-corrected chi connectivity index (χ4v) is 12.3. The zero-order valence-electron chi connectivity index (χ0n) is 28.7. The summed E-state index contributed by atoms with van der Waals surface area (Å²) in [6.07, 6.45) is 4.87. The van der Waals surface area contributed by atoms with Gasteiger partial charge in [-0.3, -0.25) is 0 Å². The van der Waals surface area contributed by atoms with Gasteiger partial charge in [-0.1, -0.05) is 140 Å². The van der Waals surface area contributed by atoms with Crippen LogP contribution in [0.25, 0.3) is 0 Å². The molecule has 0 heterocycles. The monoisotopic (exact) mass is 669 g/mol. The number of rotatable bonds is 12. The van der Waals surface area contributed by atoms with E-state index in [0.717, 1.165) is 11.5 Å². The van der Waals surface area contributed by atoms with Crippen molar-refractivity contribution < 1.29 is 9.47 Å². The number of benzene rings is 5. The number of hydrogen-bond donors (Lipinski definition) is 0. The Kier molecular flexibility index (Phi) is 10.9. The lowest BCUT2D eigenvalue weighted by molar-refractivity contribution is 0.273. The highest BCUT2D eigenvalue weighted by atomic mass is 31.1. The Hall–Kier alpha value is -4.00. The van der Waals surface area contributed by atoms with E-state index in [9.17, 15) is 0 Å². The smallest absolute Gasteiger partial charge is 0.127 e. The number of ether oxygens (including phenoxy) is 2. The van der Waals surface area contributed by atoms with E-state index in [1.165, 1.54) is 43.0 Å². The standard InChI is InChI=1S/C43H45NO2P2/c1-31(35-23-13-16-26-39(35)47(33-19-9-7-10-20-33)34-21-11-8-12-22-34)43-36(32(2)44(3)4)29-30-42(43)48(40-27-17-14-24-37(40)45-5)41-28-18-15-25-38(41)46-6/h7-32,36H,1-6H3/t31?,32-,36?/m1/s1. The van der Waals surface area contributed by atoms with Crippen LogP contribution in [0.2, 0.25) is 0 Å². The highest BCUT2D eigenvalue weighted by molar-refractivity contribution is 7.80. The van der Waals surface area contributed by atoms with Gasteiger partial charge in [-0.05, 0) is 81.4 Å². The van der Waals surface area contributed by atoms with E-state index in [0.29, 0.717) is 6.04 Å². The third-order valence-corrected chi connectivity index (χ3v) is 14.6. The highest BCUT2D eigenvalue weighted by Gasteiger charge is 2.37. The molecule has 0 fully saturated rings. The maximum atomic E-state index is 6.05. The molecule has 5 aromatic rings. The van der Waals surface area contributed by atoms with Gasteiger partial charge in [-0.25, -0.2) is 0 Å². The molecular formula is C43H45NO2P2. The molecule has 0 amide bonds. The molecule has 0 bridgehead atoms. The fraction of sp³-hybridized carbons (Fsp3) is 0.209. The zero-order valence-corrected chi connectivity index (χ0v) is 30.5. The lowest BCUT2D eigenvalue weighted by Gasteiger charge is -2.34. The Morgan fingerprint density at radius 2 is 1.02 bits per heavy atom. The number of hydrogen-bond acceptors (Lipinski definition) is 3. The van der Waals surface area contributed by atoms with Crippen molar-refractivity contribution in [2.45, 2.75) is 25.8 Å². The molecule has 0 aliphatic heterocycles. The maximum absolute atomic E-state index is 6.05. The van der Waals surface area contributed by atoms with E-state index < -0.39 is 15.8 Å². The first-order valence-corrected chi connectivity index (χ1v) is 19.3. The van der Waals surface area contributed by atoms with Crippen LogP contribution in [0.4, 0.5) is 0 Å². The van der Waals surface area contributed by atoms with Gasteiger partial charge in [0.05, 0.1) is 14.2 Å². The molecule has 6 rings (SSSR count). The molecule has 5 aromatic carbocycles. The van der Waals surface area contributed by atoms with E-state index in [4.69, 9.17) is 9.47 Å². The molecule has 0 spiro atoms. The number of allylic oxidation sites excluding steroid dienone is 2. The first-order valence-electron chi connectivity index (χ1n) is 16.6. The van der Waals surface area contributed by atoms with Gasteiger partial charge in [0.25, 0.3) is 0 Å². The maximum Gasteiger partial charge on any atom is 0.127 e. The average Bonchev–Trinajstić information content (AvgIpc) is 3.57. The molecular weight excluding hydrogens is 624 g/mol. The van der Waals surface area contributed by atoms with E-state index in [-0.39, 0.29) is 11.8 Å². The molecule has 0 saturated carbocycles. The van der Waals surface area contributed by atoms with Crippen LogP contribution in [-0.2, 0) is 0 Å². The molecule has 5 heteroatoms. The van der Waals surface area contributed by atoms with Gasteiger partial charge in [0.1, 0.15) is 11.5 Å². The van der Waals surface area contributed by atoms with Crippen molar-refractivity contribution in [3.8, 4) is 11.5 Å². The van der Waals surface area contributed by atoms with Gasteiger partial charge in [0.2, 0.25) is 0 Å². The van der Waals surface area contributed by atoms with Crippen molar-refractivity contribution >= 4 is 42.4 Å². The fourth-order valence-electron chi connectivity index (χ4n) is 6.85. The quantitative estimate of drug-likeness (QED) is 0.125. The molecule has 0 N–H and O–H groups in total. The Morgan fingerprint density at radius 3 is 1.52 bits per heavy atom. The first kappa shape index (κ1) is 33.9. The topological polar surface area (TPSA) is 21.7 Å². The summed E-state index contributed by atoms with van der Waals surface area (Å²) >= 11 is 0. The SMILES string of the molecule is COc1ccccc1P(C1=C(C(C)c2ccccc2P(c2ccccc2)c2ccccc2)C([C@@H](C)N(C)C)C=C1)c1ccccc1OC. The normalized spacial score (nSPS) is 15.7. The van der Waals surface area contributed by atoms with Crippen LogP contribution in [0.15, 0.2) is 156 Å². The van der Waals surface area contributed by atoms with Gasteiger partial charge in [0.15, 0.2) is 0 Å². The van der Waals surface area contributed by atoms with Gasteiger partial charge < -0.3 is 14.4 Å². The lowest BCUT2D eigenvalue weighted by Crippen LogP contribution is -2.34. The summed E-state index contributed by atoms with van der Waals surface area (Å²) in [5, 5.41) is 7.91. The summed E-state index contributed by atoms with van der Waals surface area (Å²) < 4.78 is 12.1. The third kappa shape index (κ3) is 6.79. The third-order valence-electron chi connectivity index (χ3n) is 9.48. The minimum atomic E-state index is -1.02. The molecule has 0 aromatic heterocycles. The molecule has 0 radical (unpaired) electrons. The predicted octanol–water partition coefficient (Wildman–Crippen LogP) is 8.09. The van der Waals surface area contributed by atoms with Gasteiger partial charge >= 0.3 is 0 Å². The van der Waals surface area contributed by atoms with Crippen molar-refractivity contribution in [3.63, 3.8) is 0 Å². The van der Waals surface area contributed by atoms with Crippen LogP contribution in [-0.4, -0.2) is 39.3 Å². The Morgan fingerprint density at radius 1 is 0.562 bits per heavy atom. The molecule has 3 nitrogen and oxygen atoms in total. The molecule has 1 aliphatic carbocycles. The van der Waals surface area contributed by atoms with Crippen molar-refractivity contribution in [3.05, 3.63) is 162 Å². The van der Waals surface area contributed by atoms with E-state index in [1.807, 2.05) is 0 Å². The number of para-hydroxylation sites is 2. The second-order valence-electron chi connectivity index (χ2n) is 12.4. The molecule has 0 saturated heterocycles. The summed E-state index contributed by atoms with van der Waals surface area (Å²) in [7, 11) is 6.15. The molecule has 3 atom stereocenters. The van der Waals surface area contributed by atoms with Crippen LogP contribution in [0, 0.1) is 5.92 Å². The van der Waals surface area contributed by atoms with Crippen LogP contribution in [0.3, 0.4) is 0 Å². The van der Waals surface area contributed by atoms with Crippen LogP contribution in [0.1, 0.15) is 25.3 Å². The molecule has 2 unspecified atom stereocenters. The summed E-state index contributed by atoms with van der Waals surface area (Å²) in [6, 6.07) is 48.6.